The van der Waals surface area contributed by atoms with E-state index in [0.717, 1.165) is 16.9 Å². The van der Waals surface area contributed by atoms with Crippen molar-refractivity contribution in [1.82, 2.24) is 30.3 Å². The van der Waals surface area contributed by atoms with Crippen LogP contribution in [0, 0.1) is 0 Å². The van der Waals surface area contributed by atoms with Crippen molar-refractivity contribution in [3.63, 3.8) is 0 Å². The van der Waals surface area contributed by atoms with Gasteiger partial charge in [0.05, 0.1) is 15.6 Å². The van der Waals surface area contributed by atoms with Gasteiger partial charge in [0.25, 0.3) is 0 Å². The Morgan fingerprint density at radius 2 is 1.58 bits per heavy atom. The van der Waals surface area contributed by atoms with E-state index in [9.17, 15) is 39.6 Å². The minimum atomic E-state index is -1.65. The zero-order valence-electron chi connectivity index (χ0n) is 35.8. The molecule has 4 aliphatic heterocycles. The Morgan fingerprint density at radius 1 is 0.892 bits per heavy atom. The van der Waals surface area contributed by atoms with Crippen LogP contribution in [0.1, 0.15) is 43.2 Å². The standard InChI is InChI=1S/C44H57Br2N9O10/c45-30-21-26(22-31(46)39(30)65-42-38(59)37(58)36(57)35(25-56)64-42)23-34(51-43(62)54-15-10-29(11-16-54)55-24-27-5-1-2-6-32(27)50-44(55)63)40(60)49-33(7-3-4-12-47)41(61)53-19-17-52(18-20-53)28-8-13-48-14-9-28/h1-2,5-6,8-9,13-14,21-22,29,33-38,42,56-59H,3-4,7,10-12,15-20,23-25,47H2,(H,49,60)(H,50,63)(H,51,62)/t33-,34+,35+,36-,37-,38+,42+/m0/s1. The maximum absolute atomic E-state index is 14.5. The van der Waals surface area contributed by atoms with Crippen molar-refractivity contribution in [2.45, 2.75) is 93.9 Å². The minimum Gasteiger partial charge on any atom is -0.460 e. The summed E-state index contributed by atoms with van der Waals surface area (Å²) < 4.78 is 12.2. The van der Waals surface area contributed by atoms with Crippen LogP contribution in [-0.2, 0) is 27.3 Å². The number of unbranched alkanes of at least 4 members (excludes halogenated alkanes) is 1. The number of carbonyl (C=O) groups is 4. The maximum atomic E-state index is 14.5. The molecule has 2 aromatic carbocycles. The van der Waals surface area contributed by atoms with E-state index in [0.29, 0.717) is 99.0 Å². The summed E-state index contributed by atoms with van der Waals surface area (Å²) in [6.45, 7) is 3.03. The quantitative estimate of drug-likeness (QED) is 0.101. The van der Waals surface area contributed by atoms with Gasteiger partial charge in [-0.05, 0) is 112 Å². The molecule has 1 aromatic heterocycles. The Kier molecular flexibility index (Phi) is 16.5. The number of aromatic nitrogens is 1. The van der Waals surface area contributed by atoms with Crippen LogP contribution in [0.3, 0.4) is 0 Å². The number of hydrogen-bond acceptors (Lipinski definition) is 13. The minimum absolute atomic E-state index is 0.0206. The third-order valence-electron chi connectivity index (χ3n) is 12.4. The van der Waals surface area contributed by atoms with Crippen LogP contribution in [0.4, 0.5) is 21.0 Å². The topological polar surface area (TPSA) is 256 Å². The summed E-state index contributed by atoms with van der Waals surface area (Å²) in [7, 11) is 0. The van der Waals surface area contributed by atoms with E-state index in [4.69, 9.17) is 15.2 Å². The average molecular weight is 1030 g/mol. The molecule has 4 aliphatic rings. The molecule has 0 bridgehead atoms. The number of likely N-dealkylation sites (tertiary alicyclic amines) is 1. The molecule has 0 unspecified atom stereocenters. The molecule has 21 heteroatoms. The number of piperidine rings is 1. The Balaban J connectivity index is 1.07. The Labute approximate surface area is 393 Å². The number of nitrogens with one attached hydrogen (secondary N) is 3. The predicted molar refractivity (Wildman–Crippen MR) is 246 cm³/mol. The van der Waals surface area contributed by atoms with Crippen molar-refractivity contribution < 1.29 is 49.1 Å². The number of nitrogens with zero attached hydrogens (tertiary/aromatic N) is 5. The first-order valence-corrected chi connectivity index (χ1v) is 23.5. The number of nitrogens with two attached hydrogens (primary N) is 1. The summed E-state index contributed by atoms with van der Waals surface area (Å²) in [5, 5.41) is 49.8. The number of halogens is 2. The van der Waals surface area contributed by atoms with Crippen LogP contribution in [0.5, 0.6) is 5.75 Å². The molecule has 3 saturated heterocycles. The lowest BCUT2D eigenvalue weighted by atomic mass is 9.99. The van der Waals surface area contributed by atoms with Gasteiger partial charge in [0.15, 0.2) is 5.75 Å². The molecule has 3 fully saturated rings. The number of anilines is 2. The molecular formula is C44H57Br2N9O10. The smallest absolute Gasteiger partial charge is 0.322 e. The van der Waals surface area contributed by atoms with Gasteiger partial charge in [-0.3, -0.25) is 14.6 Å². The fourth-order valence-electron chi connectivity index (χ4n) is 8.69. The van der Waals surface area contributed by atoms with Gasteiger partial charge in [0.1, 0.15) is 36.5 Å². The normalized spacial score (nSPS) is 23.6. The predicted octanol–water partition coefficient (Wildman–Crippen LogP) is 1.88. The SMILES string of the molecule is NCCCC[C@H](NC(=O)[C@@H](Cc1cc(Br)c(O[C@H]2O[C@H](CO)[C@H](O)[C@H](O)[C@H]2O)c(Br)c1)NC(=O)N1CCC(N2Cc3ccccc3NC2=O)CC1)C(=O)N1CCN(c2ccncc2)CC1. The van der Waals surface area contributed by atoms with Crippen molar-refractivity contribution in [3.05, 3.63) is 81.0 Å². The van der Waals surface area contributed by atoms with Gasteiger partial charge in [0, 0.05) is 82.0 Å². The van der Waals surface area contributed by atoms with Gasteiger partial charge >= 0.3 is 12.1 Å². The highest BCUT2D eigenvalue weighted by atomic mass is 79.9. The van der Waals surface area contributed by atoms with Crippen molar-refractivity contribution in [3.8, 4) is 5.75 Å². The van der Waals surface area contributed by atoms with Crippen LogP contribution in [0.2, 0.25) is 0 Å². The van der Waals surface area contributed by atoms with E-state index >= 15 is 0 Å². The highest BCUT2D eigenvalue weighted by Crippen LogP contribution is 2.38. The number of aliphatic hydroxyl groups is 4. The van der Waals surface area contributed by atoms with Gasteiger partial charge in [0.2, 0.25) is 18.1 Å². The first kappa shape index (κ1) is 48.3. The van der Waals surface area contributed by atoms with E-state index < -0.39 is 61.3 Å². The number of fused-ring (bicyclic) bond motifs is 1. The summed E-state index contributed by atoms with van der Waals surface area (Å²) in [5.41, 5.74) is 9.21. The van der Waals surface area contributed by atoms with Crippen LogP contribution < -0.4 is 31.3 Å². The molecule has 6 amide bonds. The molecule has 0 aliphatic carbocycles. The molecule has 0 saturated carbocycles. The summed E-state index contributed by atoms with van der Waals surface area (Å²) in [6, 6.07) is 12.0. The third kappa shape index (κ3) is 11.7. The lowest BCUT2D eigenvalue weighted by Crippen LogP contribution is -2.60. The lowest BCUT2D eigenvalue weighted by Gasteiger charge is -2.40. The second-order valence-electron chi connectivity index (χ2n) is 16.7. The van der Waals surface area contributed by atoms with Crippen molar-refractivity contribution in [2.75, 3.05) is 62.6 Å². The molecule has 7 atom stereocenters. The van der Waals surface area contributed by atoms with Gasteiger partial charge < -0.3 is 71.2 Å². The van der Waals surface area contributed by atoms with Gasteiger partial charge in [-0.1, -0.05) is 18.2 Å². The number of para-hydroxylation sites is 1. The fourth-order valence-corrected chi connectivity index (χ4v) is 10.2. The van der Waals surface area contributed by atoms with Crippen LogP contribution in [0.15, 0.2) is 69.9 Å². The second-order valence-corrected chi connectivity index (χ2v) is 18.4. The zero-order chi connectivity index (χ0) is 46.2. The number of urea groups is 2. The molecule has 9 N–H and O–H groups in total. The summed E-state index contributed by atoms with van der Waals surface area (Å²) >= 11 is 7.01. The Morgan fingerprint density at radius 3 is 2.26 bits per heavy atom. The molecule has 19 nitrogen and oxygen atoms in total. The van der Waals surface area contributed by atoms with Crippen LogP contribution >= 0.6 is 31.9 Å². The molecule has 0 spiro atoms. The van der Waals surface area contributed by atoms with Gasteiger partial charge in [-0.15, -0.1) is 0 Å². The molecule has 7 rings (SSSR count). The third-order valence-corrected chi connectivity index (χ3v) is 13.6. The molecule has 0 radical (unpaired) electrons. The number of pyridine rings is 1. The summed E-state index contributed by atoms with van der Waals surface area (Å²) in [5.74, 6) is -0.625. The molecular weight excluding hydrogens is 974 g/mol. The number of benzene rings is 2. The number of piperazine rings is 1. The Hall–Kier alpha value is -4.61. The monoisotopic (exact) mass is 1030 g/mol. The lowest BCUT2D eigenvalue weighted by molar-refractivity contribution is -0.277. The largest absolute Gasteiger partial charge is 0.460 e. The second kappa shape index (κ2) is 22.3. The zero-order valence-corrected chi connectivity index (χ0v) is 39.0. The van der Waals surface area contributed by atoms with Crippen molar-refractivity contribution >= 4 is 67.1 Å². The number of carbonyl (C=O) groups excluding carboxylic acids is 4. The Bertz CT molecular complexity index is 2100. The van der Waals surface area contributed by atoms with Crippen LogP contribution in [0.25, 0.3) is 0 Å². The van der Waals surface area contributed by atoms with Gasteiger partial charge in [-0.25, -0.2) is 9.59 Å². The fraction of sp³-hybridized carbons (Fsp3) is 0.523. The van der Waals surface area contributed by atoms with E-state index in [1.807, 2.05) is 36.4 Å². The van der Waals surface area contributed by atoms with E-state index in [1.165, 1.54) is 0 Å². The summed E-state index contributed by atoms with van der Waals surface area (Å²) in [6.07, 6.45) is -1.44. The van der Waals surface area contributed by atoms with Gasteiger partial charge in [-0.2, -0.15) is 0 Å². The number of rotatable bonds is 15. The maximum Gasteiger partial charge on any atom is 0.322 e. The number of hydrogen-bond donors (Lipinski definition) is 8. The first-order chi connectivity index (χ1) is 31.3. The molecule has 5 heterocycles. The number of aliphatic hydroxyl groups excluding tert-OH is 4. The van der Waals surface area contributed by atoms with E-state index in [-0.39, 0.29) is 30.2 Å². The van der Waals surface area contributed by atoms with Crippen molar-refractivity contribution in [1.29, 1.82) is 0 Å². The summed E-state index contributed by atoms with van der Waals surface area (Å²) in [4.78, 5) is 67.3. The molecule has 352 valence electrons. The van der Waals surface area contributed by atoms with Crippen molar-refractivity contribution in [2.24, 2.45) is 5.73 Å². The average Bonchev–Trinajstić information content (AvgIpc) is 3.32. The van der Waals surface area contributed by atoms with E-state index in [2.05, 4.69) is 57.7 Å². The van der Waals surface area contributed by atoms with E-state index in [1.54, 1.807) is 39.2 Å². The highest BCUT2D eigenvalue weighted by Gasteiger charge is 2.45. The number of ether oxygens (including phenoxy) is 2. The number of amides is 6. The van der Waals surface area contributed by atoms with Crippen LogP contribution in [-0.4, -0.2) is 165 Å². The molecule has 65 heavy (non-hydrogen) atoms. The first-order valence-electron chi connectivity index (χ1n) is 21.9. The molecule has 3 aromatic rings. The highest BCUT2D eigenvalue weighted by molar-refractivity contribution is 9.11.